The van der Waals surface area contributed by atoms with Gasteiger partial charge in [0.05, 0.1) is 4.92 Å². The Balaban J connectivity index is 3.13. The fraction of sp³-hybridized carbons (Fsp3) is 0.500. The lowest BCUT2D eigenvalue weighted by atomic mass is 10.4. The van der Waals surface area contributed by atoms with Crippen LogP contribution in [0.5, 0.6) is 0 Å². The van der Waals surface area contributed by atoms with Gasteiger partial charge in [0.2, 0.25) is 0 Å². The molecule has 0 saturated heterocycles. The molecule has 0 fully saturated rings. The summed E-state index contributed by atoms with van der Waals surface area (Å²) >= 11 is 0. The van der Waals surface area contributed by atoms with E-state index in [4.69, 9.17) is 0 Å². The van der Waals surface area contributed by atoms with Gasteiger partial charge < -0.3 is 0 Å². The van der Waals surface area contributed by atoms with Crippen LogP contribution in [0.25, 0.3) is 0 Å². The molecular formula is C6H8FN3O2. The van der Waals surface area contributed by atoms with Crippen LogP contribution in [0.2, 0.25) is 0 Å². The van der Waals surface area contributed by atoms with E-state index in [2.05, 4.69) is 5.10 Å². The van der Waals surface area contributed by atoms with Crippen molar-refractivity contribution in [2.24, 2.45) is 0 Å². The van der Waals surface area contributed by atoms with Crippen LogP contribution >= 0.6 is 0 Å². The smallest absolute Gasteiger partial charge is 0.258 e. The molecule has 0 N–H and O–H groups in total. The first-order valence-corrected chi connectivity index (χ1v) is 3.41. The summed E-state index contributed by atoms with van der Waals surface area (Å²) in [5.41, 5.74) is -0.580. The Labute approximate surface area is 68.0 Å². The molecule has 1 rings (SSSR count). The van der Waals surface area contributed by atoms with Gasteiger partial charge in [0, 0.05) is 6.04 Å². The van der Waals surface area contributed by atoms with E-state index in [1.165, 1.54) is 0 Å². The number of nitro groups is 1. The van der Waals surface area contributed by atoms with Crippen LogP contribution in [0.3, 0.4) is 0 Å². The molecule has 0 aliphatic rings. The first kappa shape index (κ1) is 8.63. The highest BCUT2D eigenvalue weighted by atomic mass is 19.1. The molecule has 0 saturated carbocycles. The fourth-order valence-electron chi connectivity index (χ4n) is 0.821. The molecule has 0 amide bonds. The maximum atomic E-state index is 13.0. The zero-order valence-corrected chi connectivity index (χ0v) is 6.69. The van der Waals surface area contributed by atoms with Crippen LogP contribution in [-0.2, 0) is 0 Å². The molecule has 0 aliphatic heterocycles. The van der Waals surface area contributed by atoms with Gasteiger partial charge >= 0.3 is 5.69 Å². The molecule has 6 heteroatoms. The Hall–Kier alpha value is -1.46. The van der Waals surface area contributed by atoms with E-state index in [1.54, 1.807) is 13.8 Å². The second-order valence-electron chi connectivity index (χ2n) is 2.62. The van der Waals surface area contributed by atoms with Crippen molar-refractivity contribution in [2.75, 3.05) is 0 Å². The van der Waals surface area contributed by atoms with Gasteiger partial charge in [-0.3, -0.25) is 10.1 Å². The SMILES string of the molecule is CC(C)n1ncc([N+](=O)[O-])c1F. The zero-order chi connectivity index (χ0) is 9.30. The Morgan fingerprint density at radius 2 is 2.33 bits per heavy atom. The van der Waals surface area contributed by atoms with Crippen LogP contribution < -0.4 is 0 Å². The van der Waals surface area contributed by atoms with Crippen LogP contribution in [-0.4, -0.2) is 14.7 Å². The molecule has 0 bridgehead atoms. The van der Waals surface area contributed by atoms with E-state index in [9.17, 15) is 14.5 Å². The lowest BCUT2D eigenvalue weighted by molar-refractivity contribution is -0.387. The summed E-state index contributed by atoms with van der Waals surface area (Å²) in [7, 11) is 0. The molecule has 0 aromatic carbocycles. The molecule has 0 spiro atoms. The highest BCUT2D eigenvalue weighted by Gasteiger charge is 2.21. The highest BCUT2D eigenvalue weighted by molar-refractivity contribution is 5.23. The summed E-state index contributed by atoms with van der Waals surface area (Å²) in [4.78, 5) is 9.38. The molecule has 0 aliphatic carbocycles. The van der Waals surface area contributed by atoms with Crippen LogP contribution in [0, 0.1) is 16.1 Å². The zero-order valence-electron chi connectivity index (χ0n) is 6.69. The van der Waals surface area contributed by atoms with Crippen molar-refractivity contribution >= 4 is 5.69 Å². The third kappa shape index (κ3) is 1.27. The van der Waals surface area contributed by atoms with Gasteiger partial charge in [-0.25, -0.2) is 4.68 Å². The minimum absolute atomic E-state index is 0.210. The summed E-state index contributed by atoms with van der Waals surface area (Å²) in [6.45, 7) is 3.39. The summed E-state index contributed by atoms with van der Waals surface area (Å²) in [6, 6.07) is -0.210. The number of aromatic nitrogens is 2. The normalized spacial score (nSPS) is 10.7. The van der Waals surface area contributed by atoms with Crippen molar-refractivity contribution in [3.05, 3.63) is 22.3 Å². The second kappa shape index (κ2) is 2.88. The van der Waals surface area contributed by atoms with E-state index in [-0.39, 0.29) is 6.04 Å². The Kier molecular flexibility index (Phi) is 2.07. The predicted octanol–water partition coefficient (Wildman–Crippen LogP) is 1.51. The molecule has 1 aromatic rings. The lowest BCUT2D eigenvalue weighted by Gasteiger charge is -2.03. The number of halogens is 1. The molecule has 0 radical (unpaired) electrons. The van der Waals surface area contributed by atoms with E-state index in [0.717, 1.165) is 10.9 Å². The topological polar surface area (TPSA) is 61.0 Å². The van der Waals surface area contributed by atoms with E-state index in [1.807, 2.05) is 0 Å². The Morgan fingerprint density at radius 1 is 1.75 bits per heavy atom. The van der Waals surface area contributed by atoms with Gasteiger partial charge in [-0.15, -0.1) is 0 Å². The van der Waals surface area contributed by atoms with Crippen LogP contribution in [0.4, 0.5) is 10.1 Å². The maximum absolute atomic E-state index is 13.0. The molecule has 1 aromatic heterocycles. The minimum atomic E-state index is -0.894. The number of hydrogen-bond acceptors (Lipinski definition) is 3. The van der Waals surface area contributed by atoms with Crippen molar-refractivity contribution < 1.29 is 9.31 Å². The number of rotatable bonds is 2. The molecule has 0 atom stereocenters. The summed E-state index contributed by atoms with van der Waals surface area (Å²) in [6.07, 6.45) is 0.912. The third-order valence-electron chi connectivity index (χ3n) is 1.40. The van der Waals surface area contributed by atoms with Gasteiger partial charge in [0.25, 0.3) is 5.95 Å². The molecule has 1 heterocycles. The largest absolute Gasteiger partial charge is 0.343 e. The summed E-state index contributed by atoms with van der Waals surface area (Å²) < 4.78 is 14.0. The quantitative estimate of drug-likeness (QED) is 0.503. The van der Waals surface area contributed by atoms with E-state index >= 15 is 0 Å². The monoisotopic (exact) mass is 173 g/mol. The Morgan fingerprint density at radius 3 is 2.58 bits per heavy atom. The average molecular weight is 173 g/mol. The van der Waals surface area contributed by atoms with Gasteiger partial charge in [0.15, 0.2) is 0 Å². The van der Waals surface area contributed by atoms with Crippen molar-refractivity contribution in [2.45, 2.75) is 19.9 Å². The van der Waals surface area contributed by atoms with E-state index in [0.29, 0.717) is 0 Å². The predicted molar refractivity (Wildman–Crippen MR) is 39.2 cm³/mol. The minimum Gasteiger partial charge on any atom is -0.258 e. The van der Waals surface area contributed by atoms with Gasteiger partial charge in [-0.05, 0) is 13.8 Å². The van der Waals surface area contributed by atoms with Crippen molar-refractivity contribution in [3.63, 3.8) is 0 Å². The molecule has 5 nitrogen and oxygen atoms in total. The number of nitrogens with zero attached hydrogens (tertiary/aromatic N) is 3. The van der Waals surface area contributed by atoms with Crippen molar-refractivity contribution in [3.8, 4) is 0 Å². The average Bonchev–Trinajstić information content (AvgIpc) is 2.30. The van der Waals surface area contributed by atoms with Crippen molar-refractivity contribution in [1.82, 2.24) is 9.78 Å². The Bertz CT molecular complexity index is 308. The lowest BCUT2D eigenvalue weighted by Crippen LogP contribution is -2.05. The van der Waals surface area contributed by atoms with E-state index < -0.39 is 16.6 Å². The summed E-state index contributed by atoms with van der Waals surface area (Å²) in [5.74, 6) is -0.894. The second-order valence-corrected chi connectivity index (χ2v) is 2.62. The van der Waals surface area contributed by atoms with Gasteiger partial charge in [-0.2, -0.15) is 9.49 Å². The summed E-state index contributed by atoms with van der Waals surface area (Å²) in [5, 5.41) is 13.7. The maximum Gasteiger partial charge on any atom is 0.343 e. The molecule has 12 heavy (non-hydrogen) atoms. The number of hydrogen-bond donors (Lipinski definition) is 0. The van der Waals surface area contributed by atoms with Crippen LogP contribution in [0.15, 0.2) is 6.20 Å². The van der Waals surface area contributed by atoms with Crippen molar-refractivity contribution in [1.29, 1.82) is 0 Å². The highest BCUT2D eigenvalue weighted by Crippen LogP contribution is 2.18. The standard InChI is InChI=1S/C6H8FN3O2/c1-4(2)9-6(7)5(3-8-9)10(11)12/h3-4H,1-2H3. The first-order valence-electron chi connectivity index (χ1n) is 3.41. The molecule has 0 unspecified atom stereocenters. The fourth-order valence-corrected chi connectivity index (χ4v) is 0.821. The van der Waals surface area contributed by atoms with Gasteiger partial charge in [0.1, 0.15) is 6.20 Å². The molecule has 66 valence electrons. The third-order valence-corrected chi connectivity index (χ3v) is 1.40. The first-order chi connectivity index (χ1) is 5.54. The molecular weight excluding hydrogens is 165 g/mol. The van der Waals surface area contributed by atoms with Gasteiger partial charge in [-0.1, -0.05) is 0 Å². The van der Waals surface area contributed by atoms with Crippen LogP contribution in [0.1, 0.15) is 19.9 Å².